The highest BCUT2D eigenvalue weighted by Crippen LogP contribution is 2.29. The zero-order valence-electron chi connectivity index (χ0n) is 16.6. The summed E-state index contributed by atoms with van der Waals surface area (Å²) in [4.78, 5) is 25.2. The van der Waals surface area contributed by atoms with Crippen LogP contribution in [-0.4, -0.2) is 30.8 Å². The fraction of sp³-hybridized carbons (Fsp3) is 0.227. The van der Waals surface area contributed by atoms with E-state index in [-0.39, 0.29) is 22.6 Å². The molecule has 0 bridgehead atoms. The summed E-state index contributed by atoms with van der Waals surface area (Å²) in [7, 11) is 1.60. The molecule has 0 aromatic heterocycles. The van der Waals surface area contributed by atoms with Gasteiger partial charge in [0.05, 0.1) is 40.8 Å². The van der Waals surface area contributed by atoms with Crippen LogP contribution in [0.1, 0.15) is 36.7 Å². The number of ether oxygens (including phenoxy) is 2. The molecule has 0 fully saturated rings. The van der Waals surface area contributed by atoms with Crippen molar-refractivity contribution in [3.63, 3.8) is 0 Å². The van der Waals surface area contributed by atoms with Crippen LogP contribution in [0, 0.1) is 0 Å². The van der Waals surface area contributed by atoms with Gasteiger partial charge >= 0.3 is 5.97 Å². The fourth-order valence-corrected chi connectivity index (χ4v) is 3.00. The Morgan fingerprint density at radius 1 is 1.17 bits per heavy atom. The van der Waals surface area contributed by atoms with E-state index in [1.54, 1.807) is 46.1 Å². The summed E-state index contributed by atoms with van der Waals surface area (Å²) in [6, 6.07) is 12.1. The smallest absolute Gasteiger partial charge is 0.339 e. The summed E-state index contributed by atoms with van der Waals surface area (Å²) in [5.74, 6) is -0.101. The predicted molar refractivity (Wildman–Crippen MR) is 114 cm³/mol. The lowest BCUT2D eigenvalue weighted by atomic mass is 10.1. The number of hydrogen-bond acceptors (Lipinski definition) is 5. The Hall–Kier alpha value is -3.12. The van der Waals surface area contributed by atoms with E-state index < -0.39 is 5.97 Å². The number of nitrogens with zero attached hydrogens (tertiary/aromatic N) is 2. The summed E-state index contributed by atoms with van der Waals surface area (Å²) < 4.78 is 10.4. The van der Waals surface area contributed by atoms with Gasteiger partial charge in [-0.05, 0) is 62.7 Å². The van der Waals surface area contributed by atoms with Gasteiger partial charge < -0.3 is 9.47 Å². The Balaban J connectivity index is 1.90. The SMILES string of the molecule is COc1ccc(/C=C2\C(=O)N(c3ccc(Cl)c(C(=O)OC(C)C)c3)N=C2C)cc1. The molecule has 0 saturated carbocycles. The standard InChI is InChI=1S/C22H21ClN2O4/c1-13(2)29-22(27)19-12-16(7-10-20(19)23)25-21(26)18(14(3)24-25)11-15-5-8-17(28-4)9-6-15/h5-13H,1-4H3/b18-11-. The van der Waals surface area contributed by atoms with Crippen molar-refractivity contribution in [1.29, 1.82) is 0 Å². The van der Waals surface area contributed by atoms with Gasteiger partial charge in [0.2, 0.25) is 0 Å². The van der Waals surface area contributed by atoms with Crippen molar-refractivity contribution >= 4 is 41.0 Å². The Labute approximate surface area is 174 Å². The van der Waals surface area contributed by atoms with Crippen molar-refractivity contribution in [2.75, 3.05) is 12.1 Å². The van der Waals surface area contributed by atoms with Crippen molar-refractivity contribution < 1.29 is 19.1 Å². The first-order valence-electron chi connectivity index (χ1n) is 9.06. The summed E-state index contributed by atoms with van der Waals surface area (Å²) >= 11 is 6.15. The second-order valence-corrected chi connectivity index (χ2v) is 7.16. The molecule has 0 atom stereocenters. The van der Waals surface area contributed by atoms with Gasteiger partial charge in [-0.3, -0.25) is 4.79 Å². The minimum absolute atomic E-state index is 0.186. The number of benzene rings is 2. The zero-order chi connectivity index (χ0) is 21.1. The van der Waals surface area contributed by atoms with Gasteiger partial charge in [-0.15, -0.1) is 0 Å². The third-order valence-corrected chi connectivity index (χ3v) is 4.58. The lowest BCUT2D eigenvalue weighted by Gasteiger charge is -2.14. The molecule has 0 unspecified atom stereocenters. The number of hydrogen-bond donors (Lipinski definition) is 0. The van der Waals surface area contributed by atoms with Crippen molar-refractivity contribution in [3.05, 3.63) is 64.2 Å². The highest BCUT2D eigenvalue weighted by molar-refractivity contribution is 6.34. The summed E-state index contributed by atoms with van der Waals surface area (Å²) in [5, 5.41) is 5.86. The first-order valence-corrected chi connectivity index (χ1v) is 9.44. The maximum Gasteiger partial charge on any atom is 0.339 e. The molecule has 0 radical (unpaired) electrons. The average molecular weight is 413 g/mol. The van der Waals surface area contributed by atoms with Crippen molar-refractivity contribution in [3.8, 4) is 5.75 Å². The highest BCUT2D eigenvalue weighted by atomic mass is 35.5. The molecule has 0 saturated heterocycles. The summed E-state index contributed by atoms with van der Waals surface area (Å²) in [6.07, 6.45) is 1.49. The number of methoxy groups -OCH3 is 1. The molecule has 1 aliphatic rings. The Bertz CT molecular complexity index is 1010. The van der Waals surface area contributed by atoms with Crippen LogP contribution in [-0.2, 0) is 9.53 Å². The third-order valence-electron chi connectivity index (χ3n) is 4.25. The number of amides is 1. The van der Waals surface area contributed by atoms with E-state index in [2.05, 4.69) is 5.10 Å². The minimum atomic E-state index is -0.548. The first kappa shape index (κ1) is 20.6. The number of rotatable bonds is 5. The molecule has 1 amide bonds. The average Bonchev–Trinajstić information content (AvgIpc) is 2.96. The van der Waals surface area contributed by atoms with Gasteiger partial charge in [0.1, 0.15) is 5.75 Å². The van der Waals surface area contributed by atoms with Gasteiger partial charge in [-0.1, -0.05) is 23.7 Å². The topological polar surface area (TPSA) is 68.2 Å². The van der Waals surface area contributed by atoms with Crippen LogP contribution in [0.3, 0.4) is 0 Å². The lowest BCUT2D eigenvalue weighted by Crippen LogP contribution is -2.22. The van der Waals surface area contributed by atoms with Crippen LogP contribution in [0.2, 0.25) is 5.02 Å². The molecule has 3 rings (SSSR count). The summed E-state index contributed by atoms with van der Waals surface area (Å²) in [5.41, 5.74) is 2.52. The van der Waals surface area contributed by atoms with Crippen LogP contribution in [0.5, 0.6) is 5.75 Å². The van der Waals surface area contributed by atoms with Gasteiger partial charge in [0.15, 0.2) is 0 Å². The van der Waals surface area contributed by atoms with Gasteiger partial charge in [-0.2, -0.15) is 10.1 Å². The van der Waals surface area contributed by atoms with Crippen molar-refractivity contribution in [2.24, 2.45) is 5.10 Å². The maximum absolute atomic E-state index is 13.0. The van der Waals surface area contributed by atoms with Crippen LogP contribution in [0.4, 0.5) is 5.69 Å². The van der Waals surface area contributed by atoms with E-state index in [4.69, 9.17) is 21.1 Å². The number of carbonyl (C=O) groups excluding carboxylic acids is 2. The van der Waals surface area contributed by atoms with E-state index in [0.717, 1.165) is 11.3 Å². The summed E-state index contributed by atoms with van der Waals surface area (Å²) in [6.45, 7) is 5.27. The number of halogens is 1. The minimum Gasteiger partial charge on any atom is -0.497 e. The van der Waals surface area contributed by atoms with Crippen LogP contribution < -0.4 is 9.75 Å². The second kappa shape index (κ2) is 8.49. The van der Waals surface area contributed by atoms with E-state index in [0.29, 0.717) is 17.0 Å². The third kappa shape index (κ3) is 4.49. The molecule has 150 valence electrons. The van der Waals surface area contributed by atoms with Crippen molar-refractivity contribution in [1.82, 2.24) is 0 Å². The van der Waals surface area contributed by atoms with Gasteiger partial charge in [0.25, 0.3) is 5.91 Å². The van der Waals surface area contributed by atoms with Crippen LogP contribution >= 0.6 is 11.6 Å². The Morgan fingerprint density at radius 2 is 1.86 bits per heavy atom. The lowest BCUT2D eigenvalue weighted by molar-refractivity contribution is -0.114. The molecule has 0 aliphatic carbocycles. The maximum atomic E-state index is 13.0. The fourth-order valence-electron chi connectivity index (χ4n) is 2.81. The number of hydrazone groups is 1. The van der Waals surface area contributed by atoms with Crippen molar-refractivity contribution in [2.45, 2.75) is 26.9 Å². The number of anilines is 1. The molecular formula is C22H21ClN2O4. The van der Waals surface area contributed by atoms with Crippen LogP contribution in [0.15, 0.2) is 53.1 Å². The van der Waals surface area contributed by atoms with Gasteiger partial charge in [0, 0.05) is 0 Å². The predicted octanol–water partition coefficient (Wildman–Crippen LogP) is 4.72. The Kier molecular flexibility index (Phi) is 6.03. The Morgan fingerprint density at radius 3 is 2.48 bits per heavy atom. The highest BCUT2D eigenvalue weighted by Gasteiger charge is 2.29. The quantitative estimate of drug-likeness (QED) is 0.526. The van der Waals surface area contributed by atoms with E-state index in [9.17, 15) is 9.59 Å². The van der Waals surface area contributed by atoms with Gasteiger partial charge in [-0.25, -0.2) is 4.79 Å². The molecular weight excluding hydrogens is 392 g/mol. The largest absolute Gasteiger partial charge is 0.497 e. The zero-order valence-corrected chi connectivity index (χ0v) is 17.4. The number of esters is 1. The molecule has 29 heavy (non-hydrogen) atoms. The van der Waals surface area contributed by atoms with Crippen LogP contribution in [0.25, 0.3) is 6.08 Å². The second-order valence-electron chi connectivity index (χ2n) is 6.75. The first-order chi connectivity index (χ1) is 13.8. The molecule has 1 aliphatic heterocycles. The monoisotopic (exact) mass is 412 g/mol. The molecule has 0 N–H and O–H groups in total. The molecule has 2 aromatic carbocycles. The molecule has 6 nitrogen and oxygen atoms in total. The molecule has 1 heterocycles. The van der Waals surface area contributed by atoms with E-state index >= 15 is 0 Å². The van der Waals surface area contributed by atoms with E-state index in [1.807, 2.05) is 24.3 Å². The number of carbonyl (C=O) groups is 2. The molecule has 7 heteroatoms. The normalized spacial score (nSPS) is 15.1. The molecule has 0 spiro atoms. The molecule has 2 aromatic rings. The van der Waals surface area contributed by atoms with E-state index in [1.165, 1.54) is 11.1 Å².